The third-order valence-corrected chi connectivity index (χ3v) is 3.23. The van der Waals surface area contributed by atoms with E-state index in [0.717, 1.165) is 18.8 Å². The maximum Gasteiger partial charge on any atom is 0.224 e. The van der Waals surface area contributed by atoms with E-state index in [-0.39, 0.29) is 0 Å². The largest absolute Gasteiger partial charge is 0.366 e. The van der Waals surface area contributed by atoms with Crippen molar-refractivity contribution in [2.75, 3.05) is 17.2 Å². The lowest BCUT2D eigenvalue weighted by Crippen LogP contribution is -2.17. The summed E-state index contributed by atoms with van der Waals surface area (Å²) in [6, 6.07) is 0.374. The first kappa shape index (κ1) is 16.0. The van der Waals surface area contributed by atoms with Gasteiger partial charge in [0.25, 0.3) is 0 Å². The van der Waals surface area contributed by atoms with Gasteiger partial charge in [-0.3, -0.25) is 0 Å². The van der Waals surface area contributed by atoms with Gasteiger partial charge in [0.05, 0.1) is 6.20 Å². The Balaban J connectivity index is 2.48. The summed E-state index contributed by atoms with van der Waals surface area (Å²) in [6.45, 7) is 7.21. The number of hydrogen-bond donors (Lipinski definition) is 2. The molecule has 0 radical (unpaired) electrons. The van der Waals surface area contributed by atoms with Crippen molar-refractivity contribution < 1.29 is 0 Å². The number of halogens is 1. The van der Waals surface area contributed by atoms with Crippen LogP contribution in [0.1, 0.15) is 52.9 Å². The lowest BCUT2D eigenvalue weighted by molar-refractivity contribution is 0.593. The molecule has 0 saturated carbocycles. The first-order chi connectivity index (χ1) is 9.17. The molecule has 2 N–H and O–H groups in total. The van der Waals surface area contributed by atoms with Crippen molar-refractivity contribution in [3.05, 3.63) is 11.2 Å². The van der Waals surface area contributed by atoms with Crippen molar-refractivity contribution in [1.29, 1.82) is 0 Å². The van der Waals surface area contributed by atoms with Crippen LogP contribution in [-0.2, 0) is 0 Å². The van der Waals surface area contributed by atoms with Crippen molar-refractivity contribution in [3.63, 3.8) is 0 Å². The minimum atomic E-state index is 0.374. The predicted molar refractivity (Wildman–Crippen MR) is 83.0 cm³/mol. The highest BCUT2D eigenvalue weighted by atomic mass is 35.5. The van der Waals surface area contributed by atoms with Crippen LogP contribution in [-0.4, -0.2) is 22.6 Å². The fourth-order valence-electron chi connectivity index (χ4n) is 1.89. The molecular formula is C14H25ClN4. The van der Waals surface area contributed by atoms with Gasteiger partial charge in [0.1, 0.15) is 5.02 Å². The highest BCUT2D eigenvalue weighted by molar-refractivity contribution is 6.32. The van der Waals surface area contributed by atoms with Crippen LogP contribution in [0.2, 0.25) is 5.02 Å². The molecule has 0 aromatic carbocycles. The van der Waals surface area contributed by atoms with E-state index in [1.54, 1.807) is 6.20 Å². The van der Waals surface area contributed by atoms with Gasteiger partial charge in [-0.1, -0.05) is 44.2 Å². The molecule has 1 atom stereocenters. The summed E-state index contributed by atoms with van der Waals surface area (Å²) < 4.78 is 0. The van der Waals surface area contributed by atoms with E-state index in [0.29, 0.717) is 17.0 Å². The Morgan fingerprint density at radius 3 is 2.74 bits per heavy atom. The maximum atomic E-state index is 6.11. The van der Waals surface area contributed by atoms with E-state index in [2.05, 4.69) is 34.4 Å². The SMILES string of the molecule is CCCCCCC(C)Nc1nc(NCC)ncc1Cl. The topological polar surface area (TPSA) is 49.8 Å². The van der Waals surface area contributed by atoms with Crippen LogP contribution in [0.3, 0.4) is 0 Å². The Labute approximate surface area is 121 Å². The molecule has 5 heteroatoms. The average Bonchev–Trinajstić information content (AvgIpc) is 2.39. The van der Waals surface area contributed by atoms with Crippen molar-refractivity contribution in [1.82, 2.24) is 9.97 Å². The summed E-state index contributed by atoms with van der Waals surface area (Å²) in [5.74, 6) is 1.34. The lowest BCUT2D eigenvalue weighted by Gasteiger charge is -2.16. The third-order valence-electron chi connectivity index (χ3n) is 2.95. The predicted octanol–water partition coefficient (Wildman–Crippen LogP) is 4.33. The Bertz CT molecular complexity index is 370. The van der Waals surface area contributed by atoms with E-state index in [9.17, 15) is 0 Å². The van der Waals surface area contributed by atoms with Gasteiger partial charge in [-0.25, -0.2) is 4.98 Å². The van der Waals surface area contributed by atoms with Crippen LogP contribution in [0.5, 0.6) is 0 Å². The second-order valence-electron chi connectivity index (χ2n) is 4.82. The summed E-state index contributed by atoms with van der Waals surface area (Å²) in [7, 11) is 0. The van der Waals surface area contributed by atoms with Crippen LogP contribution >= 0.6 is 11.6 Å². The normalized spacial score (nSPS) is 12.2. The first-order valence-corrected chi connectivity index (χ1v) is 7.58. The molecule has 1 aromatic heterocycles. The molecule has 0 spiro atoms. The highest BCUT2D eigenvalue weighted by Crippen LogP contribution is 2.21. The van der Waals surface area contributed by atoms with Crippen LogP contribution < -0.4 is 10.6 Å². The lowest BCUT2D eigenvalue weighted by atomic mass is 10.1. The summed E-state index contributed by atoms with van der Waals surface area (Å²) in [5.41, 5.74) is 0. The number of rotatable bonds is 9. The third kappa shape index (κ3) is 6.10. The second-order valence-corrected chi connectivity index (χ2v) is 5.22. The highest BCUT2D eigenvalue weighted by Gasteiger charge is 2.08. The number of unbranched alkanes of at least 4 members (excludes halogenated alkanes) is 3. The van der Waals surface area contributed by atoms with Crippen molar-refractivity contribution >= 4 is 23.4 Å². The van der Waals surface area contributed by atoms with Crippen LogP contribution in [0.15, 0.2) is 6.20 Å². The van der Waals surface area contributed by atoms with Crippen molar-refractivity contribution in [3.8, 4) is 0 Å². The van der Waals surface area contributed by atoms with E-state index in [1.807, 2.05) is 6.92 Å². The van der Waals surface area contributed by atoms with Crippen molar-refractivity contribution in [2.45, 2.75) is 58.9 Å². The zero-order valence-electron chi connectivity index (χ0n) is 12.2. The smallest absolute Gasteiger partial charge is 0.224 e. The monoisotopic (exact) mass is 284 g/mol. The van der Waals surface area contributed by atoms with E-state index < -0.39 is 0 Å². The minimum Gasteiger partial charge on any atom is -0.366 e. The Morgan fingerprint density at radius 2 is 2.05 bits per heavy atom. The quantitative estimate of drug-likeness (QED) is 0.663. The van der Waals surface area contributed by atoms with Crippen LogP contribution in [0, 0.1) is 0 Å². The molecule has 0 aliphatic rings. The number of nitrogens with zero attached hydrogens (tertiary/aromatic N) is 2. The molecule has 0 aliphatic heterocycles. The van der Waals surface area contributed by atoms with E-state index in [1.165, 1.54) is 25.7 Å². The maximum absolute atomic E-state index is 6.11. The Morgan fingerprint density at radius 1 is 1.26 bits per heavy atom. The number of hydrogen-bond acceptors (Lipinski definition) is 4. The molecule has 108 valence electrons. The minimum absolute atomic E-state index is 0.374. The summed E-state index contributed by atoms with van der Waals surface area (Å²) in [4.78, 5) is 8.51. The van der Waals surface area contributed by atoms with Crippen molar-refractivity contribution in [2.24, 2.45) is 0 Å². The standard InChI is InChI=1S/C14H25ClN4/c1-4-6-7-8-9-11(3)18-13-12(15)10-17-14(19-13)16-5-2/h10-11H,4-9H2,1-3H3,(H2,16,17,18,19). The van der Waals surface area contributed by atoms with E-state index in [4.69, 9.17) is 11.6 Å². The summed E-state index contributed by atoms with van der Waals surface area (Å²) >= 11 is 6.11. The molecular weight excluding hydrogens is 260 g/mol. The molecule has 1 rings (SSSR count). The molecule has 0 fully saturated rings. The van der Waals surface area contributed by atoms with Gasteiger partial charge in [0, 0.05) is 12.6 Å². The second kappa shape index (κ2) is 8.97. The molecule has 1 aromatic rings. The number of aromatic nitrogens is 2. The summed E-state index contributed by atoms with van der Waals surface area (Å²) in [6.07, 6.45) is 7.89. The fourth-order valence-corrected chi connectivity index (χ4v) is 2.04. The van der Waals surface area contributed by atoms with Gasteiger partial charge in [-0.2, -0.15) is 4.98 Å². The van der Waals surface area contributed by atoms with Gasteiger partial charge in [0.15, 0.2) is 5.82 Å². The Hall–Kier alpha value is -1.03. The number of anilines is 2. The molecule has 1 heterocycles. The molecule has 0 aliphatic carbocycles. The van der Waals surface area contributed by atoms with Crippen LogP contribution in [0.4, 0.5) is 11.8 Å². The molecule has 1 unspecified atom stereocenters. The van der Waals surface area contributed by atoms with E-state index >= 15 is 0 Å². The molecule has 0 amide bonds. The zero-order chi connectivity index (χ0) is 14.1. The first-order valence-electron chi connectivity index (χ1n) is 7.20. The van der Waals surface area contributed by atoms with Gasteiger partial charge >= 0.3 is 0 Å². The van der Waals surface area contributed by atoms with Gasteiger partial charge in [-0.05, 0) is 20.3 Å². The van der Waals surface area contributed by atoms with Gasteiger partial charge in [0.2, 0.25) is 5.95 Å². The van der Waals surface area contributed by atoms with Gasteiger partial charge in [-0.15, -0.1) is 0 Å². The zero-order valence-corrected chi connectivity index (χ0v) is 12.9. The number of nitrogens with one attached hydrogen (secondary N) is 2. The van der Waals surface area contributed by atoms with Crippen LogP contribution in [0.25, 0.3) is 0 Å². The fraction of sp³-hybridized carbons (Fsp3) is 0.714. The van der Waals surface area contributed by atoms with Gasteiger partial charge < -0.3 is 10.6 Å². The molecule has 0 bridgehead atoms. The molecule has 19 heavy (non-hydrogen) atoms. The molecule has 0 saturated heterocycles. The average molecular weight is 285 g/mol. The molecule has 4 nitrogen and oxygen atoms in total. The summed E-state index contributed by atoms with van der Waals surface area (Å²) in [5, 5.41) is 7.02. The Kier molecular flexibility index (Phi) is 7.56.